The Labute approximate surface area is 103 Å². The largest absolute Gasteiger partial charge is 0.310 e. The standard InChI is InChI=1S/C14H23NS/c1-10-8-14(12(3)16-10)9-15-11(2)13-6-4-5-7-13/h8,11,13,15H,4-7,9H2,1-3H3/t11-/m1/s1. The third-order valence-electron chi connectivity index (χ3n) is 3.87. The summed E-state index contributed by atoms with van der Waals surface area (Å²) < 4.78 is 0. The second kappa shape index (κ2) is 5.33. The zero-order chi connectivity index (χ0) is 11.5. The zero-order valence-corrected chi connectivity index (χ0v) is 11.5. The molecule has 16 heavy (non-hydrogen) atoms. The Kier molecular flexibility index (Phi) is 4.04. The molecule has 1 N–H and O–H groups in total. The molecule has 1 fully saturated rings. The summed E-state index contributed by atoms with van der Waals surface area (Å²) in [6.07, 6.45) is 5.73. The Balaban J connectivity index is 1.84. The molecule has 1 aromatic heterocycles. The molecule has 2 heteroatoms. The van der Waals surface area contributed by atoms with Gasteiger partial charge in [-0.15, -0.1) is 11.3 Å². The highest BCUT2D eigenvalue weighted by atomic mass is 32.1. The highest BCUT2D eigenvalue weighted by molar-refractivity contribution is 7.12. The minimum absolute atomic E-state index is 0.683. The molecule has 0 radical (unpaired) electrons. The van der Waals surface area contributed by atoms with Crippen molar-refractivity contribution in [2.45, 2.75) is 59.0 Å². The number of thiophene rings is 1. The zero-order valence-electron chi connectivity index (χ0n) is 10.7. The summed E-state index contributed by atoms with van der Waals surface area (Å²) in [5.41, 5.74) is 1.49. The van der Waals surface area contributed by atoms with Crippen LogP contribution in [0.4, 0.5) is 0 Å². The van der Waals surface area contributed by atoms with Crippen LogP contribution in [0.2, 0.25) is 0 Å². The first-order valence-electron chi connectivity index (χ1n) is 6.46. The van der Waals surface area contributed by atoms with Crippen LogP contribution in [-0.2, 0) is 6.54 Å². The maximum atomic E-state index is 3.70. The van der Waals surface area contributed by atoms with Crippen LogP contribution >= 0.6 is 11.3 Å². The van der Waals surface area contributed by atoms with Gasteiger partial charge in [-0.25, -0.2) is 0 Å². The van der Waals surface area contributed by atoms with Crippen LogP contribution < -0.4 is 5.32 Å². The van der Waals surface area contributed by atoms with Gasteiger partial charge >= 0.3 is 0 Å². The fraction of sp³-hybridized carbons (Fsp3) is 0.714. The first-order valence-corrected chi connectivity index (χ1v) is 7.28. The van der Waals surface area contributed by atoms with Gasteiger partial charge in [-0.1, -0.05) is 12.8 Å². The van der Waals surface area contributed by atoms with Crippen molar-refractivity contribution in [3.8, 4) is 0 Å². The Morgan fingerprint density at radius 3 is 2.62 bits per heavy atom. The van der Waals surface area contributed by atoms with E-state index in [1.165, 1.54) is 41.0 Å². The molecule has 1 saturated carbocycles. The number of aryl methyl sites for hydroxylation is 2. The van der Waals surface area contributed by atoms with Crippen LogP contribution in [0.15, 0.2) is 6.07 Å². The van der Waals surface area contributed by atoms with Gasteiger partial charge in [0.05, 0.1) is 0 Å². The smallest absolute Gasteiger partial charge is 0.0219 e. The Morgan fingerprint density at radius 2 is 2.06 bits per heavy atom. The van der Waals surface area contributed by atoms with Crippen molar-refractivity contribution in [2.24, 2.45) is 5.92 Å². The van der Waals surface area contributed by atoms with Crippen molar-refractivity contribution in [3.63, 3.8) is 0 Å². The van der Waals surface area contributed by atoms with Gasteiger partial charge in [0.2, 0.25) is 0 Å². The van der Waals surface area contributed by atoms with E-state index in [0.29, 0.717) is 6.04 Å². The molecule has 0 amide bonds. The second-order valence-corrected chi connectivity index (χ2v) is 6.61. The third-order valence-corrected chi connectivity index (χ3v) is 4.87. The summed E-state index contributed by atoms with van der Waals surface area (Å²) in [4.78, 5) is 2.91. The van der Waals surface area contributed by atoms with Crippen molar-refractivity contribution >= 4 is 11.3 Å². The van der Waals surface area contributed by atoms with Crippen molar-refractivity contribution in [1.82, 2.24) is 5.32 Å². The van der Waals surface area contributed by atoms with Gasteiger partial charge in [0, 0.05) is 22.3 Å². The molecule has 0 aliphatic heterocycles. The van der Waals surface area contributed by atoms with Crippen molar-refractivity contribution in [3.05, 3.63) is 21.4 Å². The topological polar surface area (TPSA) is 12.0 Å². The molecule has 0 saturated heterocycles. The fourth-order valence-electron chi connectivity index (χ4n) is 2.75. The van der Waals surface area contributed by atoms with Crippen molar-refractivity contribution in [1.29, 1.82) is 0 Å². The summed E-state index contributed by atoms with van der Waals surface area (Å²) >= 11 is 1.91. The summed E-state index contributed by atoms with van der Waals surface area (Å²) in [6, 6.07) is 3.01. The highest BCUT2D eigenvalue weighted by Crippen LogP contribution is 2.28. The van der Waals surface area contributed by atoms with Gasteiger partial charge in [-0.05, 0) is 51.2 Å². The van der Waals surface area contributed by atoms with E-state index in [1.54, 1.807) is 0 Å². The lowest BCUT2D eigenvalue weighted by Crippen LogP contribution is -2.31. The first-order chi connectivity index (χ1) is 7.66. The molecule has 1 nitrogen and oxygen atoms in total. The predicted octanol–water partition coefficient (Wildman–Crippen LogP) is 4.03. The first kappa shape index (κ1) is 12.1. The van der Waals surface area contributed by atoms with Gasteiger partial charge in [0.1, 0.15) is 0 Å². The SMILES string of the molecule is Cc1cc(CN[C@H](C)C2CCCC2)c(C)s1. The number of rotatable bonds is 4. The molecule has 0 aromatic carbocycles. The van der Waals surface area contributed by atoms with Gasteiger partial charge in [0.25, 0.3) is 0 Å². The van der Waals surface area contributed by atoms with Gasteiger partial charge < -0.3 is 5.32 Å². The van der Waals surface area contributed by atoms with Gasteiger partial charge in [-0.2, -0.15) is 0 Å². The summed E-state index contributed by atoms with van der Waals surface area (Å²) in [5, 5.41) is 3.70. The van der Waals surface area contributed by atoms with E-state index in [4.69, 9.17) is 0 Å². The highest BCUT2D eigenvalue weighted by Gasteiger charge is 2.21. The van der Waals surface area contributed by atoms with E-state index in [-0.39, 0.29) is 0 Å². The van der Waals surface area contributed by atoms with E-state index in [2.05, 4.69) is 32.2 Å². The monoisotopic (exact) mass is 237 g/mol. The molecule has 1 aromatic rings. The number of hydrogen-bond acceptors (Lipinski definition) is 2. The lowest BCUT2D eigenvalue weighted by atomic mass is 9.99. The molecule has 1 heterocycles. The van der Waals surface area contributed by atoms with E-state index in [9.17, 15) is 0 Å². The summed E-state index contributed by atoms with van der Waals surface area (Å²) in [7, 11) is 0. The molecule has 1 aliphatic rings. The fourth-order valence-corrected chi connectivity index (χ4v) is 3.70. The van der Waals surface area contributed by atoms with Crippen LogP contribution in [-0.4, -0.2) is 6.04 Å². The van der Waals surface area contributed by atoms with Crippen molar-refractivity contribution in [2.75, 3.05) is 0 Å². The molecule has 0 spiro atoms. The predicted molar refractivity (Wildman–Crippen MR) is 72.1 cm³/mol. The van der Waals surface area contributed by atoms with E-state index in [0.717, 1.165) is 12.5 Å². The number of nitrogens with one attached hydrogen (secondary N) is 1. The molecule has 0 unspecified atom stereocenters. The third kappa shape index (κ3) is 2.86. The van der Waals surface area contributed by atoms with Gasteiger partial charge in [-0.3, -0.25) is 0 Å². The van der Waals surface area contributed by atoms with Gasteiger partial charge in [0.15, 0.2) is 0 Å². The maximum absolute atomic E-state index is 3.70. The normalized spacial score (nSPS) is 19.2. The van der Waals surface area contributed by atoms with Crippen LogP contribution in [0.3, 0.4) is 0 Å². The quantitative estimate of drug-likeness (QED) is 0.833. The van der Waals surface area contributed by atoms with E-state index in [1.807, 2.05) is 11.3 Å². The van der Waals surface area contributed by atoms with Crippen LogP contribution in [0.1, 0.15) is 47.9 Å². The van der Waals surface area contributed by atoms with Crippen molar-refractivity contribution < 1.29 is 0 Å². The Morgan fingerprint density at radius 1 is 1.38 bits per heavy atom. The van der Waals surface area contributed by atoms with E-state index >= 15 is 0 Å². The Hall–Kier alpha value is -0.340. The van der Waals surface area contributed by atoms with E-state index < -0.39 is 0 Å². The molecule has 2 rings (SSSR count). The van der Waals surface area contributed by atoms with Crippen LogP contribution in [0.25, 0.3) is 0 Å². The molecule has 0 bridgehead atoms. The molecular formula is C14H23NS. The average molecular weight is 237 g/mol. The average Bonchev–Trinajstić information content (AvgIpc) is 2.84. The molecule has 1 atom stereocenters. The number of hydrogen-bond donors (Lipinski definition) is 1. The Bertz CT molecular complexity index is 337. The minimum atomic E-state index is 0.683. The molecule has 1 aliphatic carbocycles. The second-order valence-electron chi connectivity index (χ2n) is 5.15. The summed E-state index contributed by atoms with van der Waals surface area (Å²) in [5.74, 6) is 0.917. The minimum Gasteiger partial charge on any atom is -0.310 e. The lowest BCUT2D eigenvalue weighted by molar-refractivity contribution is 0.380. The van der Waals surface area contributed by atoms with Crippen LogP contribution in [0.5, 0.6) is 0 Å². The molecule has 90 valence electrons. The van der Waals surface area contributed by atoms with Crippen LogP contribution in [0, 0.1) is 19.8 Å². The maximum Gasteiger partial charge on any atom is 0.0219 e. The summed E-state index contributed by atoms with van der Waals surface area (Å²) in [6.45, 7) is 7.83. The molecular weight excluding hydrogens is 214 g/mol. The lowest BCUT2D eigenvalue weighted by Gasteiger charge is -2.20.